The number of ether oxygens (including phenoxy) is 1. The highest BCUT2D eigenvalue weighted by atomic mass is 19.2. The molecule has 5 heteroatoms. The van der Waals surface area contributed by atoms with E-state index in [0.717, 1.165) is 12.1 Å². The van der Waals surface area contributed by atoms with Gasteiger partial charge in [0.05, 0.1) is 12.7 Å². The van der Waals surface area contributed by atoms with E-state index in [2.05, 4.69) is 0 Å². The van der Waals surface area contributed by atoms with Crippen molar-refractivity contribution < 1.29 is 17.9 Å². The summed E-state index contributed by atoms with van der Waals surface area (Å²) in [4.78, 5) is 2.03. The maximum atomic E-state index is 13.0. The van der Waals surface area contributed by atoms with Crippen LogP contribution in [0.3, 0.4) is 0 Å². The van der Waals surface area contributed by atoms with Crippen LogP contribution in [0, 0.1) is 17.5 Å². The van der Waals surface area contributed by atoms with Gasteiger partial charge < -0.3 is 4.74 Å². The highest BCUT2D eigenvalue weighted by Crippen LogP contribution is 2.16. The minimum absolute atomic E-state index is 0.110. The summed E-state index contributed by atoms with van der Waals surface area (Å²) in [5, 5.41) is 0. The quantitative estimate of drug-likeness (QED) is 0.741. The van der Waals surface area contributed by atoms with Gasteiger partial charge in [-0.15, -0.1) is 0 Å². The maximum absolute atomic E-state index is 13.0. The van der Waals surface area contributed by atoms with Crippen molar-refractivity contribution in [3.8, 4) is 0 Å². The molecule has 1 aliphatic rings. The molecule has 94 valence electrons. The molecular formula is C12H14F3NO. The second-order valence-corrected chi connectivity index (χ2v) is 4.29. The van der Waals surface area contributed by atoms with Crippen LogP contribution in [0.5, 0.6) is 0 Å². The van der Waals surface area contributed by atoms with Gasteiger partial charge >= 0.3 is 0 Å². The van der Waals surface area contributed by atoms with Crippen molar-refractivity contribution >= 4 is 0 Å². The van der Waals surface area contributed by atoms with E-state index in [1.165, 1.54) is 0 Å². The molecule has 1 aromatic carbocycles. The normalized spacial score (nSPS) is 21.8. The zero-order valence-electron chi connectivity index (χ0n) is 9.55. The van der Waals surface area contributed by atoms with Gasteiger partial charge in [-0.3, -0.25) is 4.90 Å². The molecule has 1 saturated heterocycles. The first kappa shape index (κ1) is 12.4. The number of rotatable bonds is 2. The Hall–Kier alpha value is -1.07. The van der Waals surface area contributed by atoms with Crippen molar-refractivity contribution in [3.05, 3.63) is 35.1 Å². The molecule has 0 saturated carbocycles. The Morgan fingerprint density at radius 1 is 1.29 bits per heavy atom. The standard InChI is InChI=1S/C12H14F3NO/c1-8-6-16(2-3-17-8)7-9-4-10(13)12(15)11(14)5-9/h4-5,8H,2-3,6-7H2,1H3/t8-/m0/s1. The maximum Gasteiger partial charge on any atom is 0.194 e. The van der Waals surface area contributed by atoms with E-state index in [1.807, 2.05) is 11.8 Å². The molecule has 2 nitrogen and oxygen atoms in total. The molecular weight excluding hydrogens is 231 g/mol. The molecule has 0 N–H and O–H groups in total. The predicted octanol–water partition coefficient (Wildman–Crippen LogP) is 2.32. The molecule has 0 aromatic heterocycles. The number of morpholine rings is 1. The fourth-order valence-electron chi connectivity index (χ4n) is 1.99. The fourth-order valence-corrected chi connectivity index (χ4v) is 1.99. The van der Waals surface area contributed by atoms with E-state index >= 15 is 0 Å². The van der Waals surface area contributed by atoms with Gasteiger partial charge in [-0.1, -0.05) is 0 Å². The smallest absolute Gasteiger partial charge is 0.194 e. The summed E-state index contributed by atoms with van der Waals surface area (Å²) in [6.45, 7) is 4.37. The second kappa shape index (κ2) is 5.06. The molecule has 1 heterocycles. The number of benzene rings is 1. The molecule has 1 atom stereocenters. The van der Waals surface area contributed by atoms with Crippen molar-refractivity contribution in [1.82, 2.24) is 4.90 Å². The van der Waals surface area contributed by atoms with Gasteiger partial charge in [0.2, 0.25) is 0 Å². The summed E-state index contributed by atoms with van der Waals surface area (Å²) >= 11 is 0. The molecule has 0 spiro atoms. The number of nitrogens with zero attached hydrogens (tertiary/aromatic N) is 1. The number of hydrogen-bond acceptors (Lipinski definition) is 2. The van der Waals surface area contributed by atoms with Gasteiger partial charge in [0, 0.05) is 19.6 Å². The van der Waals surface area contributed by atoms with E-state index < -0.39 is 17.5 Å². The Kier molecular flexibility index (Phi) is 3.69. The summed E-state index contributed by atoms with van der Waals surface area (Å²) in [5.41, 5.74) is 0.440. The average molecular weight is 245 g/mol. The lowest BCUT2D eigenvalue weighted by atomic mass is 10.1. The molecule has 0 bridgehead atoms. The monoisotopic (exact) mass is 245 g/mol. The van der Waals surface area contributed by atoms with E-state index in [-0.39, 0.29) is 6.10 Å². The van der Waals surface area contributed by atoms with Crippen molar-refractivity contribution in [2.45, 2.75) is 19.6 Å². The lowest BCUT2D eigenvalue weighted by Gasteiger charge is -2.31. The molecule has 0 amide bonds. The van der Waals surface area contributed by atoms with Gasteiger partial charge in [0.1, 0.15) is 0 Å². The van der Waals surface area contributed by atoms with Crippen LogP contribution in [-0.2, 0) is 11.3 Å². The summed E-state index contributed by atoms with van der Waals surface area (Å²) < 4.78 is 44.2. The lowest BCUT2D eigenvalue weighted by Crippen LogP contribution is -2.40. The summed E-state index contributed by atoms with van der Waals surface area (Å²) in [7, 11) is 0. The van der Waals surface area contributed by atoms with Crippen molar-refractivity contribution in [2.75, 3.05) is 19.7 Å². The van der Waals surface area contributed by atoms with Gasteiger partial charge in [-0.2, -0.15) is 0 Å². The first-order valence-corrected chi connectivity index (χ1v) is 5.53. The predicted molar refractivity (Wildman–Crippen MR) is 57.0 cm³/mol. The SMILES string of the molecule is C[C@H]1CN(Cc2cc(F)c(F)c(F)c2)CCO1. The third-order valence-electron chi connectivity index (χ3n) is 2.77. The number of hydrogen-bond donors (Lipinski definition) is 0. The number of halogens is 3. The third-order valence-corrected chi connectivity index (χ3v) is 2.77. The van der Waals surface area contributed by atoms with Crippen LogP contribution in [0.4, 0.5) is 13.2 Å². The fraction of sp³-hybridized carbons (Fsp3) is 0.500. The van der Waals surface area contributed by atoms with Crippen molar-refractivity contribution in [2.24, 2.45) is 0 Å². The first-order valence-electron chi connectivity index (χ1n) is 5.53. The van der Waals surface area contributed by atoms with Crippen molar-refractivity contribution in [1.29, 1.82) is 0 Å². The summed E-state index contributed by atoms with van der Waals surface area (Å²) in [5.74, 6) is -3.69. The zero-order valence-corrected chi connectivity index (χ0v) is 9.55. The van der Waals surface area contributed by atoms with Crippen molar-refractivity contribution in [3.63, 3.8) is 0 Å². The van der Waals surface area contributed by atoms with E-state index in [4.69, 9.17) is 4.74 Å². The Morgan fingerprint density at radius 3 is 2.53 bits per heavy atom. The molecule has 1 aromatic rings. The van der Waals surface area contributed by atoms with Crippen LogP contribution in [0.15, 0.2) is 12.1 Å². The molecule has 2 rings (SSSR count). The van der Waals surface area contributed by atoms with Crippen LogP contribution < -0.4 is 0 Å². The van der Waals surface area contributed by atoms with E-state index in [1.54, 1.807) is 0 Å². The van der Waals surface area contributed by atoms with Crippen LogP contribution in [0.1, 0.15) is 12.5 Å². The molecule has 0 aliphatic carbocycles. The summed E-state index contributed by atoms with van der Waals surface area (Å²) in [6.07, 6.45) is 0.110. The molecule has 1 aliphatic heterocycles. The summed E-state index contributed by atoms with van der Waals surface area (Å²) in [6, 6.07) is 2.08. The highest BCUT2D eigenvalue weighted by molar-refractivity contribution is 5.19. The van der Waals surface area contributed by atoms with Crippen LogP contribution >= 0.6 is 0 Å². The Balaban J connectivity index is 2.08. The molecule has 0 radical (unpaired) electrons. The van der Waals surface area contributed by atoms with Gasteiger partial charge in [-0.05, 0) is 24.6 Å². The van der Waals surface area contributed by atoms with Gasteiger partial charge in [0.15, 0.2) is 17.5 Å². The lowest BCUT2D eigenvalue weighted by molar-refractivity contribution is -0.0212. The van der Waals surface area contributed by atoms with E-state index in [0.29, 0.717) is 31.8 Å². The Labute approximate surface area is 98.0 Å². The molecule has 0 unspecified atom stereocenters. The minimum Gasteiger partial charge on any atom is -0.376 e. The van der Waals surface area contributed by atoms with Crippen LogP contribution in [-0.4, -0.2) is 30.7 Å². The zero-order chi connectivity index (χ0) is 12.4. The minimum atomic E-state index is -1.41. The first-order chi connectivity index (χ1) is 8.06. The highest BCUT2D eigenvalue weighted by Gasteiger charge is 2.18. The van der Waals surface area contributed by atoms with Gasteiger partial charge in [-0.25, -0.2) is 13.2 Å². The van der Waals surface area contributed by atoms with Crippen LogP contribution in [0.25, 0.3) is 0 Å². The van der Waals surface area contributed by atoms with Gasteiger partial charge in [0.25, 0.3) is 0 Å². The van der Waals surface area contributed by atoms with E-state index in [9.17, 15) is 13.2 Å². The van der Waals surface area contributed by atoms with Crippen LogP contribution in [0.2, 0.25) is 0 Å². The molecule has 1 fully saturated rings. The topological polar surface area (TPSA) is 12.5 Å². The Morgan fingerprint density at radius 2 is 1.94 bits per heavy atom. The third kappa shape index (κ3) is 2.98. The molecule has 17 heavy (non-hydrogen) atoms. The largest absolute Gasteiger partial charge is 0.376 e. The average Bonchev–Trinajstić information content (AvgIpc) is 2.26. The second-order valence-electron chi connectivity index (χ2n) is 4.29. The Bertz CT molecular complexity index is 388.